The number of urea groups is 1. The standard InChI is InChI=1S/C17H20N6O2S/c24-14-10-23(8-7-18-14)13-5-1-11(2-6-13)9-19-16(25)20-17-22-21-15(26-17)12-3-4-12/h1-2,5-6,12H,3-4,7-10H2,(H,18,24)(H2,19,20,22,25). The number of nitrogens with zero attached hydrogens (tertiary/aromatic N) is 3. The third kappa shape index (κ3) is 4.10. The molecule has 2 fully saturated rings. The van der Waals surface area contributed by atoms with Gasteiger partial charge in [-0.1, -0.05) is 23.5 Å². The minimum Gasteiger partial charge on any atom is -0.360 e. The quantitative estimate of drug-likeness (QED) is 0.742. The molecule has 1 aromatic carbocycles. The third-order valence-electron chi connectivity index (χ3n) is 4.38. The number of benzene rings is 1. The van der Waals surface area contributed by atoms with Gasteiger partial charge in [0.2, 0.25) is 11.0 Å². The van der Waals surface area contributed by atoms with Crippen LogP contribution in [0.5, 0.6) is 0 Å². The lowest BCUT2D eigenvalue weighted by Crippen LogP contribution is -2.47. The van der Waals surface area contributed by atoms with Crippen molar-refractivity contribution in [3.8, 4) is 0 Å². The van der Waals surface area contributed by atoms with Gasteiger partial charge in [0, 0.05) is 31.2 Å². The third-order valence-corrected chi connectivity index (χ3v) is 5.38. The van der Waals surface area contributed by atoms with Crippen molar-refractivity contribution in [3.63, 3.8) is 0 Å². The molecule has 136 valence electrons. The van der Waals surface area contributed by atoms with Crippen LogP contribution < -0.4 is 20.9 Å². The highest BCUT2D eigenvalue weighted by Crippen LogP contribution is 2.41. The van der Waals surface area contributed by atoms with Crippen LogP contribution in [0.2, 0.25) is 0 Å². The van der Waals surface area contributed by atoms with Crippen LogP contribution in [0.25, 0.3) is 0 Å². The van der Waals surface area contributed by atoms with Crippen LogP contribution in [0.15, 0.2) is 24.3 Å². The van der Waals surface area contributed by atoms with Gasteiger partial charge in [-0.3, -0.25) is 10.1 Å². The maximum atomic E-state index is 12.0. The summed E-state index contributed by atoms with van der Waals surface area (Å²) in [6.07, 6.45) is 2.33. The van der Waals surface area contributed by atoms with Crippen LogP contribution in [0, 0.1) is 0 Å². The Kier molecular flexibility index (Phi) is 4.70. The molecule has 2 heterocycles. The number of anilines is 2. The molecule has 26 heavy (non-hydrogen) atoms. The predicted molar refractivity (Wildman–Crippen MR) is 99.4 cm³/mol. The van der Waals surface area contributed by atoms with Crippen molar-refractivity contribution in [2.24, 2.45) is 0 Å². The summed E-state index contributed by atoms with van der Waals surface area (Å²) in [5.74, 6) is 0.579. The van der Waals surface area contributed by atoms with Gasteiger partial charge in [-0.15, -0.1) is 10.2 Å². The summed E-state index contributed by atoms with van der Waals surface area (Å²) in [5, 5.41) is 18.0. The smallest absolute Gasteiger partial charge is 0.321 e. The lowest BCUT2D eigenvalue weighted by atomic mass is 10.2. The number of amides is 3. The topological polar surface area (TPSA) is 99.3 Å². The number of piperazine rings is 1. The summed E-state index contributed by atoms with van der Waals surface area (Å²) in [5.41, 5.74) is 2.00. The van der Waals surface area contributed by atoms with E-state index in [0.717, 1.165) is 22.8 Å². The lowest BCUT2D eigenvalue weighted by molar-refractivity contribution is -0.120. The number of aromatic nitrogens is 2. The molecule has 1 saturated heterocycles. The number of hydrogen-bond acceptors (Lipinski definition) is 6. The lowest BCUT2D eigenvalue weighted by Gasteiger charge is -2.28. The van der Waals surface area contributed by atoms with E-state index in [4.69, 9.17) is 0 Å². The van der Waals surface area contributed by atoms with Crippen LogP contribution in [0.4, 0.5) is 15.6 Å². The summed E-state index contributed by atoms with van der Waals surface area (Å²) in [6, 6.07) is 7.57. The van der Waals surface area contributed by atoms with Gasteiger partial charge in [-0.25, -0.2) is 4.79 Å². The highest BCUT2D eigenvalue weighted by molar-refractivity contribution is 7.15. The normalized spacial score (nSPS) is 16.9. The monoisotopic (exact) mass is 372 g/mol. The molecule has 8 nitrogen and oxygen atoms in total. The number of carbonyl (C=O) groups is 2. The maximum absolute atomic E-state index is 12.0. The Bertz CT molecular complexity index is 802. The minimum absolute atomic E-state index is 0.0418. The molecule has 9 heteroatoms. The van der Waals surface area contributed by atoms with E-state index in [0.29, 0.717) is 30.7 Å². The Morgan fingerprint density at radius 2 is 2.08 bits per heavy atom. The second-order valence-corrected chi connectivity index (χ2v) is 7.47. The molecular formula is C17H20N6O2S. The largest absolute Gasteiger partial charge is 0.360 e. The zero-order chi connectivity index (χ0) is 17.9. The summed E-state index contributed by atoms with van der Waals surface area (Å²) in [7, 11) is 0. The van der Waals surface area contributed by atoms with Crippen LogP contribution in [0.3, 0.4) is 0 Å². The van der Waals surface area contributed by atoms with Gasteiger partial charge in [0.1, 0.15) is 5.01 Å². The molecule has 1 saturated carbocycles. The van der Waals surface area contributed by atoms with E-state index in [-0.39, 0.29) is 11.9 Å². The fourth-order valence-corrected chi connectivity index (χ4v) is 3.70. The van der Waals surface area contributed by atoms with Crippen LogP contribution in [0.1, 0.15) is 29.3 Å². The zero-order valence-corrected chi connectivity index (χ0v) is 15.0. The van der Waals surface area contributed by atoms with E-state index in [1.54, 1.807) is 0 Å². The first-order valence-corrected chi connectivity index (χ1v) is 9.48. The van der Waals surface area contributed by atoms with Gasteiger partial charge >= 0.3 is 6.03 Å². The minimum atomic E-state index is -0.291. The molecule has 4 rings (SSSR count). The Hall–Kier alpha value is -2.68. The SMILES string of the molecule is O=C1CN(c2ccc(CNC(=O)Nc3nnc(C4CC4)s3)cc2)CCN1. The van der Waals surface area contributed by atoms with E-state index >= 15 is 0 Å². The molecule has 1 aliphatic carbocycles. The Morgan fingerprint density at radius 3 is 2.81 bits per heavy atom. The maximum Gasteiger partial charge on any atom is 0.321 e. The first kappa shape index (κ1) is 16.8. The van der Waals surface area contributed by atoms with Gasteiger partial charge in [0.05, 0.1) is 6.54 Å². The number of hydrogen-bond donors (Lipinski definition) is 3. The average Bonchev–Trinajstić information content (AvgIpc) is 3.40. The van der Waals surface area contributed by atoms with E-state index in [9.17, 15) is 9.59 Å². The molecular weight excluding hydrogens is 352 g/mol. The fourth-order valence-electron chi connectivity index (χ4n) is 2.79. The molecule has 1 aliphatic heterocycles. The Balaban J connectivity index is 1.27. The second kappa shape index (κ2) is 7.28. The highest BCUT2D eigenvalue weighted by Gasteiger charge is 2.27. The second-order valence-electron chi connectivity index (χ2n) is 6.47. The molecule has 2 aliphatic rings. The van der Waals surface area contributed by atoms with E-state index < -0.39 is 0 Å². The van der Waals surface area contributed by atoms with Crippen LogP contribution in [-0.4, -0.2) is 41.8 Å². The van der Waals surface area contributed by atoms with Crippen LogP contribution >= 0.6 is 11.3 Å². The summed E-state index contributed by atoms with van der Waals surface area (Å²) >= 11 is 1.44. The van der Waals surface area contributed by atoms with Crippen molar-refractivity contribution in [1.29, 1.82) is 0 Å². The first-order valence-electron chi connectivity index (χ1n) is 8.66. The van der Waals surface area contributed by atoms with E-state index in [1.165, 1.54) is 24.2 Å². The van der Waals surface area contributed by atoms with Gasteiger partial charge in [0.15, 0.2) is 0 Å². The summed E-state index contributed by atoms with van der Waals surface area (Å²) < 4.78 is 0. The fraction of sp³-hybridized carbons (Fsp3) is 0.412. The Morgan fingerprint density at radius 1 is 1.27 bits per heavy atom. The molecule has 0 atom stereocenters. The van der Waals surface area contributed by atoms with Crippen molar-refractivity contribution >= 4 is 34.1 Å². The summed E-state index contributed by atoms with van der Waals surface area (Å²) in [4.78, 5) is 25.5. The first-order chi connectivity index (χ1) is 12.7. The van der Waals surface area contributed by atoms with Gasteiger partial charge in [0.25, 0.3) is 0 Å². The molecule has 2 aromatic rings. The Labute approximate surface area is 155 Å². The van der Waals surface area contributed by atoms with Gasteiger partial charge in [-0.2, -0.15) is 0 Å². The van der Waals surface area contributed by atoms with Crippen molar-refractivity contribution in [1.82, 2.24) is 20.8 Å². The van der Waals surface area contributed by atoms with E-state index in [2.05, 4.69) is 26.1 Å². The predicted octanol–water partition coefficient (Wildman–Crippen LogP) is 1.67. The van der Waals surface area contributed by atoms with Crippen molar-refractivity contribution < 1.29 is 9.59 Å². The zero-order valence-electron chi connectivity index (χ0n) is 14.2. The van der Waals surface area contributed by atoms with Crippen molar-refractivity contribution in [3.05, 3.63) is 34.8 Å². The van der Waals surface area contributed by atoms with Crippen molar-refractivity contribution in [2.45, 2.75) is 25.3 Å². The molecule has 1 aromatic heterocycles. The highest BCUT2D eigenvalue weighted by atomic mass is 32.1. The molecule has 0 radical (unpaired) electrons. The van der Waals surface area contributed by atoms with Crippen molar-refractivity contribution in [2.75, 3.05) is 29.9 Å². The summed E-state index contributed by atoms with van der Waals surface area (Å²) in [6.45, 7) is 2.26. The average molecular weight is 372 g/mol. The molecule has 0 bridgehead atoms. The number of carbonyl (C=O) groups excluding carboxylic acids is 2. The van der Waals surface area contributed by atoms with Gasteiger partial charge < -0.3 is 15.5 Å². The van der Waals surface area contributed by atoms with E-state index in [1.807, 2.05) is 29.2 Å². The number of rotatable bonds is 5. The van der Waals surface area contributed by atoms with Crippen LogP contribution in [-0.2, 0) is 11.3 Å². The molecule has 3 amide bonds. The molecule has 0 unspecified atom stereocenters. The molecule has 3 N–H and O–H groups in total. The van der Waals surface area contributed by atoms with Gasteiger partial charge in [-0.05, 0) is 30.5 Å². The number of nitrogens with one attached hydrogen (secondary N) is 3. The molecule has 0 spiro atoms.